The van der Waals surface area contributed by atoms with Crippen LogP contribution in [0.2, 0.25) is 0 Å². The zero-order valence-corrected chi connectivity index (χ0v) is 23.1. The van der Waals surface area contributed by atoms with Crippen LogP contribution in [0, 0.1) is 6.92 Å². The molecular formula is C30H36F3N3O3. The second kappa shape index (κ2) is 10.7. The average molecular weight is 544 g/mol. The summed E-state index contributed by atoms with van der Waals surface area (Å²) in [5, 5.41) is 2.94. The van der Waals surface area contributed by atoms with Crippen LogP contribution in [-0.4, -0.2) is 34.8 Å². The first kappa shape index (κ1) is 28.6. The summed E-state index contributed by atoms with van der Waals surface area (Å²) in [6, 6.07) is 8.75. The van der Waals surface area contributed by atoms with Gasteiger partial charge in [0, 0.05) is 11.4 Å². The topological polar surface area (TPSA) is 69.7 Å². The van der Waals surface area contributed by atoms with Crippen molar-refractivity contribution in [2.24, 2.45) is 0 Å². The van der Waals surface area contributed by atoms with Crippen LogP contribution in [0.1, 0.15) is 93.9 Å². The number of halogens is 3. The molecule has 1 heterocycles. The highest BCUT2D eigenvalue weighted by Crippen LogP contribution is 2.45. The molecule has 6 nitrogen and oxygen atoms in total. The summed E-state index contributed by atoms with van der Waals surface area (Å²) in [5.74, 6) is -0.809. The number of imide groups is 1. The molecule has 2 aromatic carbocycles. The van der Waals surface area contributed by atoms with Crippen LogP contribution >= 0.6 is 0 Å². The number of carbonyl (C=O) groups excluding carboxylic acids is 3. The molecule has 2 fully saturated rings. The van der Waals surface area contributed by atoms with Gasteiger partial charge < -0.3 is 5.32 Å². The van der Waals surface area contributed by atoms with Crippen LogP contribution in [0.25, 0.3) is 0 Å². The number of anilines is 2. The predicted molar refractivity (Wildman–Crippen MR) is 145 cm³/mol. The van der Waals surface area contributed by atoms with E-state index in [1.165, 1.54) is 24.0 Å². The van der Waals surface area contributed by atoms with Gasteiger partial charge in [0.25, 0.3) is 5.91 Å². The van der Waals surface area contributed by atoms with Crippen molar-refractivity contribution in [3.8, 4) is 0 Å². The van der Waals surface area contributed by atoms with Gasteiger partial charge in [0.15, 0.2) is 0 Å². The van der Waals surface area contributed by atoms with Gasteiger partial charge in [0.05, 0.1) is 5.56 Å². The summed E-state index contributed by atoms with van der Waals surface area (Å²) in [6.45, 7) is 8.91. The molecule has 210 valence electrons. The molecule has 0 unspecified atom stereocenters. The number of nitrogens with one attached hydrogen (secondary N) is 1. The molecule has 1 aliphatic carbocycles. The van der Waals surface area contributed by atoms with Crippen LogP contribution in [0.3, 0.4) is 0 Å². The minimum absolute atomic E-state index is 0.0170. The number of amides is 4. The summed E-state index contributed by atoms with van der Waals surface area (Å²) in [5.41, 5.74) is 0.452. The first-order valence-electron chi connectivity index (χ1n) is 13.5. The molecule has 4 rings (SSSR count). The van der Waals surface area contributed by atoms with E-state index in [1.54, 1.807) is 0 Å². The van der Waals surface area contributed by atoms with Crippen molar-refractivity contribution in [3.05, 3.63) is 58.7 Å². The second-order valence-corrected chi connectivity index (χ2v) is 11.3. The predicted octanol–water partition coefficient (Wildman–Crippen LogP) is 7.37. The molecule has 2 aliphatic rings. The lowest BCUT2D eigenvalue weighted by Crippen LogP contribution is -2.51. The molecule has 0 bridgehead atoms. The van der Waals surface area contributed by atoms with E-state index in [0.29, 0.717) is 31.4 Å². The fourth-order valence-corrected chi connectivity index (χ4v) is 5.88. The number of hydrogen-bond acceptors (Lipinski definition) is 3. The minimum Gasteiger partial charge on any atom is -0.324 e. The third kappa shape index (κ3) is 5.28. The van der Waals surface area contributed by atoms with Crippen molar-refractivity contribution >= 4 is 29.2 Å². The Kier molecular flexibility index (Phi) is 7.83. The number of hydrogen-bond donors (Lipinski definition) is 1. The third-order valence-electron chi connectivity index (χ3n) is 7.90. The Morgan fingerprint density at radius 1 is 0.974 bits per heavy atom. The summed E-state index contributed by atoms with van der Waals surface area (Å²) in [4.78, 5) is 43.0. The Morgan fingerprint density at radius 2 is 1.56 bits per heavy atom. The molecule has 1 aliphatic heterocycles. The zero-order chi connectivity index (χ0) is 28.7. The number of aryl methyl sites for hydroxylation is 1. The van der Waals surface area contributed by atoms with Gasteiger partial charge in [0.1, 0.15) is 12.1 Å². The summed E-state index contributed by atoms with van der Waals surface area (Å²) < 4.78 is 41.2. The molecule has 1 saturated heterocycles. The number of para-hydroxylation sites is 1. The Labute approximate surface area is 227 Å². The van der Waals surface area contributed by atoms with Crippen molar-refractivity contribution < 1.29 is 27.6 Å². The van der Waals surface area contributed by atoms with Crippen molar-refractivity contribution in [3.63, 3.8) is 0 Å². The van der Waals surface area contributed by atoms with Crippen LogP contribution in [-0.2, 0) is 15.8 Å². The van der Waals surface area contributed by atoms with Crippen LogP contribution < -0.4 is 10.2 Å². The van der Waals surface area contributed by atoms with E-state index in [4.69, 9.17) is 0 Å². The highest BCUT2D eigenvalue weighted by molar-refractivity contribution is 6.18. The maximum absolute atomic E-state index is 13.8. The highest BCUT2D eigenvalue weighted by atomic mass is 19.4. The lowest BCUT2D eigenvalue weighted by atomic mass is 9.80. The van der Waals surface area contributed by atoms with Gasteiger partial charge in [-0.05, 0) is 60.4 Å². The maximum atomic E-state index is 13.8. The Balaban J connectivity index is 1.69. The fourth-order valence-electron chi connectivity index (χ4n) is 5.88. The molecule has 0 atom stereocenters. The van der Waals surface area contributed by atoms with Crippen molar-refractivity contribution in [2.75, 3.05) is 16.8 Å². The number of alkyl halides is 3. The molecule has 4 amide bonds. The van der Waals surface area contributed by atoms with Crippen molar-refractivity contribution in [1.82, 2.24) is 4.90 Å². The number of urea groups is 1. The van der Waals surface area contributed by atoms with Gasteiger partial charge >= 0.3 is 12.2 Å². The van der Waals surface area contributed by atoms with Crippen LogP contribution in [0.5, 0.6) is 0 Å². The molecule has 2 aromatic rings. The first-order valence-corrected chi connectivity index (χ1v) is 13.5. The number of carbonyl (C=O) groups is 3. The molecule has 1 N–H and O–H groups in total. The summed E-state index contributed by atoms with van der Waals surface area (Å²) in [7, 11) is 0. The van der Waals surface area contributed by atoms with E-state index in [0.717, 1.165) is 28.5 Å². The van der Waals surface area contributed by atoms with E-state index in [1.807, 2.05) is 45.9 Å². The van der Waals surface area contributed by atoms with Gasteiger partial charge in [-0.1, -0.05) is 71.2 Å². The van der Waals surface area contributed by atoms with E-state index < -0.39 is 41.7 Å². The number of nitrogens with zero attached hydrogens (tertiary/aromatic N) is 2. The summed E-state index contributed by atoms with van der Waals surface area (Å²) in [6.07, 6.45) is -1.76. The number of benzene rings is 2. The van der Waals surface area contributed by atoms with Gasteiger partial charge in [-0.15, -0.1) is 0 Å². The number of rotatable bonds is 6. The van der Waals surface area contributed by atoms with E-state index in [-0.39, 0.29) is 23.1 Å². The lowest BCUT2D eigenvalue weighted by molar-refractivity contribution is -0.138. The average Bonchev–Trinajstić information content (AvgIpc) is 3.05. The monoisotopic (exact) mass is 543 g/mol. The molecular weight excluding hydrogens is 507 g/mol. The molecule has 0 radical (unpaired) electrons. The first-order chi connectivity index (χ1) is 18.3. The van der Waals surface area contributed by atoms with Gasteiger partial charge in [-0.25, -0.2) is 4.79 Å². The lowest BCUT2D eigenvalue weighted by Gasteiger charge is -2.38. The standard InChI is InChI=1S/C30H36F3N3O3/c1-18(2)22-10-9-11-23(19(3)4)26(22)34-25(37)17-35-27(38)29(14-7-6-8-15-29)36(28(35)39)21-13-12-20(5)24(16-21)30(31,32)33/h9-13,16,18-19H,6-8,14-15,17H2,1-5H3,(H,34,37). The molecule has 39 heavy (non-hydrogen) atoms. The second-order valence-electron chi connectivity index (χ2n) is 11.3. The van der Waals surface area contributed by atoms with Crippen molar-refractivity contribution in [2.45, 2.75) is 90.3 Å². The largest absolute Gasteiger partial charge is 0.416 e. The van der Waals surface area contributed by atoms with Gasteiger partial charge in [-0.3, -0.25) is 19.4 Å². The molecule has 0 aromatic heterocycles. The maximum Gasteiger partial charge on any atom is 0.416 e. The minimum atomic E-state index is -4.61. The molecule has 9 heteroatoms. The Bertz CT molecular complexity index is 1250. The fraction of sp³-hybridized carbons (Fsp3) is 0.500. The quantitative estimate of drug-likeness (QED) is 0.387. The SMILES string of the molecule is Cc1ccc(N2C(=O)N(CC(=O)Nc3c(C(C)C)cccc3C(C)C)C(=O)C23CCCCC3)cc1C(F)(F)F. The van der Waals surface area contributed by atoms with Crippen LogP contribution in [0.4, 0.5) is 29.3 Å². The summed E-state index contributed by atoms with van der Waals surface area (Å²) >= 11 is 0. The van der Waals surface area contributed by atoms with Crippen LogP contribution in [0.15, 0.2) is 36.4 Å². The third-order valence-corrected chi connectivity index (χ3v) is 7.90. The molecule has 1 spiro atoms. The Hall–Kier alpha value is -3.36. The Morgan fingerprint density at radius 3 is 2.10 bits per heavy atom. The van der Waals surface area contributed by atoms with E-state index in [2.05, 4.69) is 5.32 Å². The molecule has 1 saturated carbocycles. The van der Waals surface area contributed by atoms with Gasteiger partial charge in [-0.2, -0.15) is 13.2 Å². The van der Waals surface area contributed by atoms with E-state index >= 15 is 0 Å². The normalized spacial score (nSPS) is 17.6. The van der Waals surface area contributed by atoms with Gasteiger partial charge in [0.2, 0.25) is 5.91 Å². The van der Waals surface area contributed by atoms with Crippen molar-refractivity contribution in [1.29, 1.82) is 0 Å². The smallest absolute Gasteiger partial charge is 0.324 e. The zero-order valence-electron chi connectivity index (χ0n) is 23.1. The van der Waals surface area contributed by atoms with E-state index in [9.17, 15) is 27.6 Å². The highest BCUT2D eigenvalue weighted by Gasteiger charge is 2.58.